The van der Waals surface area contributed by atoms with Crippen LogP contribution in [0.2, 0.25) is 0 Å². The van der Waals surface area contributed by atoms with Gasteiger partial charge in [0.1, 0.15) is 5.75 Å². The molecule has 2 aromatic heterocycles. The van der Waals surface area contributed by atoms with Gasteiger partial charge in [0.05, 0.1) is 34.1 Å². The average Bonchev–Trinajstić information content (AvgIpc) is 3.26. The normalized spacial score (nSPS) is 11.4. The zero-order valence-electron chi connectivity index (χ0n) is 18.5. The second-order valence-electron chi connectivity index (χ2n) is 7.47. The van der Waals surface area contributed by atoms with Crippen molar-refractivity contribution in [2.75, 3.05) is 12.4 Å². The van der Waals surface area contributed by atoms with E-state index in [-0.39, 0.29) is 12.2 Å². The van der Waals surface area contributed by atoms with E-state index in [1.165, 1.54) is 0 Å². The molecule has 0 unspecified atom stereocenters. The molecule has 160 valence electrons. The molecule has 3 aromatic rings. The molecule has 1 N–H and O–H groups in total. The highest BCUT2D eigenvalue weighted by Gasteiger charge is 2.25. The minimum absolute atomic E-state index is 0.0416. The summed E-state index contributed by atoms with van der Waals surface area (Å²) in [4.78, 5) is 10.4. The first-order valence-corrected chi connectivity index (χ1v) is 11.6. The minimum Gasteiger partial charge on any atom is -0.495 e. The number of hydrogen-bond acceptors (Lipinski definition) is 8. The Morgan fingerprint density at radius 1 is 1.03 bits per heavy atom. The van der Waals surface area contributed by atoms with Crippen molar-refractivity contribution in [2.45, 2.75) is 53.8 Å². The van der Waals surface area contributed by atoms with Crippen LogP contribution in [-0.4, -0.2) is 36.4 Å². The lowest BCUT2D eigenvalue weighted by Crippen LogP contribution is -2.40. The zero-order valence-corrected chi connectivity index (χ0v) is 20.1. The molecule has 0 saturated carbocycles. The van der Waals surface area contributed by atoms with Gasteiger partial charge in [-0.25, -0.2) is 9.97 Å². The highest BCUT2D eigenvalue weighted by molar-refractivity contribution is 7.16. The maximum Gasteiger partial charge on any atom is 0.494 e. The molecule has 30 heavy (non-hydrogen) atoms. The lowest BCUT2D eigenvalue weighted by molar-refractivity contribution is 0.139. The topological polar surface area (TPSA) is 65.5 Å². The molecule has 6 nitrogen and oxygen atoms in total. The second kappa shape index (κ2) is 9.91. The maximum absolute atomic E-state index is 5.99. The molecule has 0 saturated heterocycles. The Kier molecular flexibility index (Phi) is 7.52. The van der Waals surface area contributed by atoms with E-state index in [0.717, 1.165) is 43.3 Å². The van der Waals surface area contributed by atoms with E-state index < -0.39 is 7.12 Å². The maximum atomic E-state index is 5.99. The Morgan fingerprint density at radius 2 is 1.73 bits per heavy atom. The van der Waals surface area contributed by atoms with E-state index in [0.29, 0.717) is 0 Å². The van der Waals surface area contributed by atoms with Gasteiger partial charge in [-0.2, -0.15) is 0 Å². The van der Waals surface area contributed by atoms with Crippen LogP contribution in [0.3, 0.4) is 0 Å². The lowest BCUT2D eigenvalue weighted by Gasteiger charge is -2.21. The predicted molar refractivity (Wildman–Crippen MR) is 127 cm³/mol. The quantitative estimate of drug-likeness (QED) is 0.458. The number of anilines is 2. The van der Waals surface area contributed by atoms with Crippen LogP contribution in [-0.2, 0) is 9.31 Å². The van der Waals surface area contributed by atoms with Gasteiger partial charge in [0.15, 0.2) is 5.13 Å². The van der Waals surface area contributed by atoms with Crippen molar-refractivity contribution in [3.8, 4) is 16.3 Å². The Bertz CT molecular complexity index is 978. The number of hydrogen-bond donors (Lipinski definition) is 1. The van der Waals surface area contributed by atoms with Crippen LogP contribution in [0.5, 0.6) is 5.75 Å². The largest absolute Gasteiger partial charge is 0.495 e. The summed E-state index contributed by atoms with van der Waals surface area (Å²) in [6, 6.07) is 5.89. The Morgan fingerprint density at radius 3 is 2.30 bits per heavy atom. The molecule has 3 rings (SSSR count). The van der Waals surface area contributed by atoms with E-state index in [9.17, 15) is 0 Å². The monoisotopic (exact) mass is 445 g/mol. The van der Waals surface area contributed by atoms with Crippen LogP contribution >= 0.6 is 22.7 Å². The fourth-order valence-electron chi connectivity index (χ4n) is 2.97. The van der Waals surface area contributed by atoms with Crippen LogP contribution < -0.4 is 15.5 Å². The SMILES string of the molecule is COc1ccc(B(OC(C)C)OC(C)C)cc1Nc1nc(-c2sc(C)nc2C)cs1. The first kappa shape index (κ1) is 22.7. The highest BCUT2D eigenvalue weighted by atomic mass is 32.1. The smallest absolute Gasteiger partial charge is 0.494 e. The first-order valence-electron chi connectivity index (χ1n) is 9.92. The summed E-state index contributed by atoms with van der Waals surface area (Å²) in [5.41, 5.74) is 3.68. The molecular weight excluding hydrogens is 417 g/mol. The second-order valence-corrected chi connectivity index (χ2v) is 9.53. The summed E-state index contributed by atoms with van der Waals surface area (Å²) < 4.78 is 17.5. The summed E-state index contributed by atoms with van der Waals surface area (Å²) in [5, 5.41) is 7.28. The van der Waals surface area contributed by atoms with Gasteiger partial charge in [0.25, 0.3) is 0 Å². The Balaban J connectivity index is 1.88. The third-order valence-corrected chi connectivity index (χ3v) is 6.02. The van der Waals surface area contributed by atoms with Gasteiger partial charge in [-0.1, -0.05) is 6.07 Å². The summed E-state index contributed by atoms with van der Waals surface area (Å²) in [6.07, 6.45) is 0.0831. The van der Waals surface area contributed by atoms with Gasteiger partial charge in [-0.3, -0.25) is 0 Å². The number of methoxy groups -OCH3 is 1. The van der Waals surface area contributed by atoms with E-state index in [1.54, 1.807) is 29.8 Å². The third-order valence-electron chi connectivity index (χ3n) is 4.17. The van der Waals surface area contributed by atoms with Crippen molar-refractivity contribution in [2.24, 2.45) is 0 Å². The molecule has 0 fully saturated rings. The van der Waals surface area contributed by atoms with Crippen LogP contribution in [0.15, 0.2) is 23.6 Å². The molecular formula is C21H28BN3O3S2. The molecule has 0 bridgehead atoms. The number of rotatable bonds is 9. The van der Waals surface area contributed by atoms with Crippen molar-refractivity contribution >= 4 is 46.1 Å². The van der Waals surface area contributed by atoms with E-state index in [2.05, 4.69) is 10.3 Å². The van der Waals surface area contributed by atoms with Crippen molar-refractivity contribution in [1.29, 1.82) is 0 Å². The van der Waals surface area contributed by atoms with Crippen LogP contribution in [0.25, 0.3) is 10.6 Å². The summed E-state index contributed by atoms with van der Waals surface area (Å²) >= 11 is 3.21. The summed E-state index contributed by atoms with van der Waals surface area (Å²) in [6.45, 7) is 12.0. The fourth-order valence-corrected chi connectivity index (χ4v) is 4.64. The van der Waals surface area contributed by atoms with Gasteiger partial charge >= 0.3 is 7.12 Å². The van der Waals surface area contributed by atoms with Gasteiger partial charge in [0, 0.05) is 17.6 Å². The Labute approximate surface area is 186 Å². The number of ether oxygens (including phenoxy) is 1. The van der Waals surface area contributed by atoms with Crippen molar-refractivity contribution in [3.63, 3.8) is 0 Å². The molecule has 0 aliphatic carbocycles. The molecule has 9 heteroatoms. The van der Waals surface area contributed by atoms with E-state index >= 15 is 0 Å². The lowest BCUT2D eigenvalue weighted by atomic mass is 9.78. The van der Waals surface area contributed by atoms with Crippen LogP contribution in [0.4, 0.5) is 10.8 Å². The van der Waals surface area contributed by atoms with Crippen LogP contribution in [0, 0.1) is 13.8 Å². The Hall–Kier alpha value is -1.94. The number of nitrogens with one attached hydrogen (secondary N) is 1. The van der Waals surface area contributed by atoms with Gasteiger partial charge < -0.3 is 19.4 Å². The van der Waals surface area contributed by atoms with Crippen molar-refractivity contribution in [3.05, 3.63) is 34.3 Å². The average molecular weight is 445 g/mol. The summed E-state index contributed by atoms with van der Waals surface area (Å²) in [7, 11) is 1.20. The fraction of sp³-hybridized carbons (Fsp3) is 0.429. The number of thiazole rings is 2. The summed E-state index contributed by atoms with van der Waals surface area (Å²) in [5.74, 6) is 0.730. The molecule has 0 aliphatic heterocycles. The standard InChI is InChI=1S/C21H28BN3O3S2/c1-12(2)27-22(28-13(3)4)16-8-9-19(26-7)17(10-16)24-21-25-18(11-29-21)20-14(5)23-15(6)30-20/h8-13H,1-7H3,(H,24,25). The first-order chi connectivity index (χ1) is 14.3. The molecule has 1 aromatic carbocycles. The molecule has 0 spiro atoms. The van der Waals surface area contributed by atoms with Gasteiger partial charge in [0.2, 0.25) is 0 Å². The minimum atomic E-state index is -0.453. The van der Waals surface area contributed by atoms with Gasteiger partial charge in [-0.15, -0.1) is 22.7 Å². The predicted octanol–water partition coefficient (Wildman–Crippen LogP) is 5.18. The molecule has 0 radical (unpaired) electrons. The van der Waals surface area contributed by atoms with E-state index in [1.807, 2.05) is 65.1 Å². The number of nitrogens with zero attached hydrogens (tertiary/aromatic N) is 2. The van der Waals surface area contributed by atoms with Crippen molar-refractivity contribution < 1.29 is 14.0 Å². The molecule has 2 heterocycles. The number of aromatic nitrogens is 2. The highest BCUT2D eigenvalue weighted by Crippen LogP contribution is 2.34. The molecule has 0 atom stereocenters. The van der Waals surface area contributed by atoms with E-state index in [4.69, 9.17) is 19.0 Å². The molecule has 0 amide bonds. The zero-order chi connectivity index (χ0) is 21.8. The number of benzene rings is 1. The van der Waals surface area contributed by atoms with Crippen LogP contribution in [0.1, 0.15) is 38.4 Å². The number of aryl methyl sites for hydroxylation is 2. The third kappa shape index (κ3) is 5.60. The molecule has 0 aliphatic rings. The van der Waals surface area contributed by atoms with Crippen molar-refractivity contribution in [1.82, 2.24) is 9.97 Å². The van der Waals surface area contributed by atoms with Gasteiger partial charge in [-0.05, 0) is 59.1 Å².